The van der Waals surface area contributed by atoms with Crippen LogP contribution in [0, 0.1) is 0 Å². The van der Waals surface area contributed by atoms with E-state index in [2.05, 4.69) is 44.3 Å². The van der Waals surface area contributed by atoms with Gasteiger partial charge < -0.3 is 0 Å². The van der Waals surface area contributed by atoms with Crippen LogP contribution >= 0.6 is 22.7 Å². The minimum absolute atomic E-state index is 0.948. The SMILES string of the molecule is C(=C\c1ccc2ccccc2n1)/c1csc(-c2ccsc2)n1. The second kappa shape index (κ2) is 5.83. The summed E-state index contributed by atoms with van der Waals surface area (Å²) in [7, 11) is 0. The van der Waals surface area contributed by atoms with Crippen LogP contribution in [0.5, 0.6) is 0 Å². The third kappa shape index (κ3) is 2.71. The van der Waals surface area contributed by atoms with E-state index in [1.165, 1.54) is 5.56 Å². The molecule has 4 heteroatoms. The first-order valence-corrected chi connectivity index (χ1v) is 8.73. The van der Waals surface area contributed by atoms with E-state index in [1.54, 1.807) is 22.7 Å². The Morgan fingerprint density at radius 2 is 1.73 bits per heavy atom. The van der Waals surface area contributed by atoms with Crippen LogP contribution < -0.4 is 0 Å². The fourth-order valence-electron chi connectivity index (χ4n) is 2.23. The minimum atomic E-state index is 0.948. The maximum absolute atomic E-state index is 4.64. The first-order valence-electron chi connectivity index (χ1n) is 6.90. The van der Waals surface area contributed by atoms with Crippen molar-refractivity contribution in [2.75, 3.05) is 0 Å². The largest absolute Gasteiger partial charge is 0.248 e. The second-order valence-electron chi connectivity index (χ2n) is 4.85. The number of thiophene rings is 1. The third-order valence-electron chi connectivity index (χ3n) is 3.33. The topological polar surface area (TPSA) is 25.8 Å². The van der Waals surface area contributed by atoms with Crippen molar-refractivity contribution in [3.05, 3.63) is 70.0 Å². The second-order valence-corrected chi connectivity index (χ2v) is 6.49. The van der Waals surface area contributed by atoms with E-state index in [4.69, 9.17) is 0 Å². The lowest BCUT2D eigenvalue weighted by Crippen LogP contribution is -1.82. The number of fused-ring (bicyclic) bond motifs is 1. The summed E-state index contributed by atoms with van der Waals surface area (Å²) in [6, 6.07) is 14.4. The molecule has 0 saturated heterocycles. The summed E-state index contributed by atoms with van der Waals surface area (Å²) in [5.41, 5.74) is 4.13. The first-order chi connectivity index (χ1) is 10.9. The Kier molecular flexibility index (Phi) is 3.54. The molecule has 4 aromatic rings. The summed E-state index contributed by atoms with van der Waals surface area (Å²) in [4.78, 5) is 9.28. The molecule has 0 aliphatic rings. The predicted octanol–water partition coefficient (Wildman–Crippen LogP) is 5.59. The van der Waals surface area contributed by atoms with Crippen molar-refractivity contribution in [1.29, 1.82) is 0 Å². The number of para-hydroxylation sites is 1. The van der Waals surface area contributed by atoms with Gasteiger partial charge in [0.25, 0.3) is 0 Å². The van der Waals surface area contributed by atoms with Crippen LogP contribution in [-0.4, -0.2) is 9.97 Å². The summed E-state index contributed by atoms with van der Waals surface area (Å²) < 4.78 is 0. The van der Waals surface area contributed by atoms with Crippen molar-refractivity contribution >= 4 is 45.7 Å². The zero-order chi connectivity index (χ0) is 14.8. The van der Waals surface area contributed by atoms with Gasteiger partial charge in [0.1, 0.15) is 5.01 Å². The van der Waals surface area contributed by atoms with Gasteiger partial charge in [0, 0.05) is 21.7 Å². The van der Waals surface area contributed by atoms with Gasteiger partial charge in [-0.1, -0.05) is 24.3 Å². The van der Waals surface area contributed by atoms with Gasteiger partial charge in [-0.3, -0.25) is 0 Å². The summed E-state index contributed by atoms with van der Waals surface area (Å²) in [5, 5.41) is 8.49. The van der Waals surface area contributed by atoms with E-state index in [1.807, 2.05) is 36.4 Å². The molecule has 0 saturated carbocycles. The van der Waals surface area contributed by atoms with E-state index in [0.29, 0.717) is 0 Å². The Balaban J connectivity index is 1.60. The molecule has 22 heavy (non-hydrogen) atoms. The highest BCUT2D eigenvalue weighted by Gasteiger charge is 2.03. The minimum Gasteiger partial charge on any atom is -0.248 e. The molecule has 0 fully saturated rings. The molecule has 0 unspecified atom stereocenters. The number of hydrogen-bond acceptors (Lipinski definition) is 4. The van der Waals surface area contributed by atoms with Crippen molar-refractivity contribution in [2.24, 2.45) is 0 Å². The van der Waals surface area contributed by atoms with Gasteiger partial charge in [0.05, 0.1) is 16.9 Å². The molecule has 1 aromatic carbocycles. The number of thiazole rings is 1. The van der Waals surface area contributed by atoms with Crippen molar-refractivity contribution in [2.45, 2.75) is 0 Å². The van der Waals surface area contributed by atoms with Crippen LogP contribution in [0.3, 0.4) is 0 Å². The number of nitrogens with zero attached hydrogens (tertiary/aromatic N) is 2. The van der Waals surface area contributed by atoms with Gasteiger partial charge in [-0.2, -0.15) is 11.3 Å². The number of aromatic nitrogens is 2. The van der Waals surface area contributed by atoms with Crippen LogP contribution in [0.25, 0.3) is 33.6 Å². The predicted molar refractivity (Wildman–Crippen MR) is 96.1 cm³/mol. The van der Waals surface area contributed by atoms with Gasteiger partial charge in [-0.25, -0.2) is 9.97 Å². The number of hydrogen-bond donors (Lipinski definition) is 0. The Hall–Kier alpha value is -2.30. The van der Waals surface area contributed by atoms with Crippen molar-refractivity contribution in [3.8, 4) is 10.6 Å². The van der Waals surface area contributed by atoms with Gasteiger partial charge >= 0.3 is 0 Å². The summed E-state index contributed by atoms with van der Waals surface area (Å²) in [6.45, 7) is 0. The Morgan fingerprint density at radius 3 is 2.64 bits per heavy atom. The summed E-state index contributed by atoms with van der Waals surface area (Å²) in [5.74, 6) is 0. The molecule has 0 aliphatic carbocycles. The van der Waals surface area contributed by atoms with Crippen LogP contribution in [0.1, 0.15) is 11.4 Å². The van der Waals surface area contributed by atoms with Gasteiger partial charge in [0.15, 0.2) is 0 Å². The van der Waals surface area contributed by atoms with Crippen molar-refractivity contribution in [1.82, 2.24) is 9.97 Å². The molecular weight excluding hydrogens is 308 g/mol. The number of benzene rings is 1. The molecule has 0 radical (unpaired) electrons. The molecule has 2 nitrogen and oxygen atoms in total. The first kappa shape index (κ1) is 13.4. The van der Waals surface area contributed by atoms with Gasteiger partial charge in [-0.15, -0.1) is 11.3 Å². The standard InChI is InChI=1S/C18H12N2S2/c1-2-4-17-13(3-1)5-6-15(19-17)7-8-16-12-22-18(20-16)14-9-10-21-11-14/h1-12H/b8-7+. The zero-order valence-corrected chi connectivity index (χ0v) is 13.3. The van der Waals surface area contributed by atoms with E-state index in [0.717, 1.165) is 27.3 Å². The van der Waals surface area contributed by atoms with Gasteiger partial charge in [-0.05, 0) is 35.7 Å². The van der Waals surface area contributed by atoms with E-state index in [-0.39, 0.29) is 0 Å². The highest BCUT2D eigenvalue weighted by molar-refractivity contribution is 7.14. The third-order valence-corrected chi connectivity index (χ3v) is 4.93. The van der Waals surface area contributed by atoms with E-state index >= 15 is 0 Å². The molecule has 3 heterocycles. The highest BCUT2D eigenvalue weighted by Crippen LogP contribution is 2.26. The molecule has 0 atom stereocenters. The average molecular weight is 320 g/mol. The molecular formula is C18H12N2S2. The van der Waals surface area contributed by atoms with Crippen LogP contribution in [0.2, 0.25) is 0 Å². The molecule has 0 aliphatic heterocycles. The maximum Gasteiger partial charge on any atom is 0.124 e. The fourth-order valence-corrected chi connectivity index (χ4v) is 3.73. The molecule has 4 rings (SSSR count). The van der Waals surface area contributed by atoms with Crippen LogP contribution in [0.4, 0.5) is 0 Å². The monoisotopic (exact) mass is 320 g/mol. The van der Waals surface area contributed by atoms with Gasteiger partial charge in [0.2, 0.25) is 0 Å². The fraction of sp³-hybridized carbons (Fsp3) is 0. The van der Waals surface area contributed by atoms with Crippen molar-refractivity contribution in [3.63, 3.8) is 0 Å². The van der Waals surface area contributed by atoms with E-state index in [9.17, 15) is 0 Å². The average Bonchev–Trinajstić information content (AvgIpc) is 3.24. The summed E-state index contributed by atoms with van der Waals surface area (Å²) >= 11 is 3.36. The molecule has 0 N–H and O–H groups in total. The molecule has 106 valence electrons. The highest BCUT2D eigenvalue weighted by atomic mass is 32.1. The Bertz CT molecular complexity index is 937. The van der Waals surface area contributed by atoms with Crippen LogP contribution in [0.15, 0.2) is 58.6 Å². The lowest BCUT2D eigenvalue weighted by atomic mass is 10.2. The maximum atomic E-state index is 4.64. The van der Waals surface area contributed by atoms with Crippen LogP contribution in [-0.2, 0) is 0 Å². The molecule has 0 amide bonds. The lowest BCUT2D eigenvalue weighted by molar-refractivity contribution is 1.36. The number of rotatable bonds is 3. The smallest absolute Gasteiger partial charge is 0.124 e. The Morgan fingerprint density at radius 1 is 0.818 bits per heavy atom. The molecule has 0 bridgehead atoms. The Labute approximate surface area is 136 Å². The lowest BCUT2D eigenvalue weighted by Gasteiger charge is -1.97. The molecule has 3 aromatic heterocycles. The zero-order valence-electron chi connectivity index (χ0n) is 11.6. The summed E-state index contributed by atoms with van der Waals surface area (Å²) in [6.07, 6.45) is 4.03. The number of pyridine rings is 1. The van der Waals surface area contributed by atoms with Crippen molar-refractivity contribution < 1.29 is 0 Å². The normalized spacial score (nSPS) is 11.5. The molecule has 0 spiro atoms. The van der Waals surface area contributed by atoms with E-state index < -0.39 is 0 Å². The quantitative estimate of drug-likeness (QED) is 0.492.